The highest BCUT2D eigenvalue weighted by Crippen LogP contribution is 2.32. The third kappa shape index (κ3) is 4.83. The van der Waals surface area contributed by atoms with Crippen LogP contribution in [0.5, 0.6) is 5.75 Å². The number of aromatic nitrogens is 1. The molecule has 166 valence electrons. The summed E-state index contributed by atoms with van der Waals surface area (Å²) < 4.78 is 56.5. The van der Waals surface area contributed by atoms with E-state index in [1.165, 1.54) is 11.5 Å². The van der Waals surface area contributed by atoms with Crippen molar-refractivity contribution in [2.75, 3.05) is 10.6 Å². The number of carbonyl (C=O) groups is 1. The van der Waals surface area contributed by atoms with E-state index in [4.69, 9.17) is 4.84 Å². The van der Waals surface area contributed by atoms with Gasteiger partial charge in [0.05, 0.1) is 22.7 Å². The molecule has 11 heteroatoms. The molecule has 0 spiro atoms. The van der Waals surface area contributed by atoms with Crippen molar-refractivity contribution >= 4 is 35.0 Å². The summed E-state index contributed by atoms with van der Waals surface area (Å²) in [4.78, 5) is 19.1. The summed E-state index contributed by atoms with van der Waals surface area (Å²) in [6.07, 6.45) is 0.817. The topological polar surface area (TPSA) is 66.5 Å². The minimum atomic E-state index is -4.65. The van der Waals surface area contributed by atoms with E-state index in [0.717, 1.165) is 10.4 Å². The van der Waals surface area contributed by atoms with E-state index in [2.05, 4.69) is 15.0 Å². The minimum Gasteiger partial charge on any atom is -0.380 e. The summed E-state index contributed by atoms with van der Waals surface area (Å²) >= 11 is 1.40. The van der Waals surface area contributed by atoms with E-state index in [-0.39, 0.29) is 0 Å². The molecule has 0 bridgehead atoms. The van der Waals surface area contributed by atoms with Gasteiger partial charge in [-0.05, 0) is 66.5 Å². The molecule has 1 aliphatic rings. The molecule has 0 saturated heterocycles. The molecule has 4 rings (SSSR count). The van der Waals surface area contributed by atoms with Crippen LogP contribution in [0.2, 0.25) is 0 Å². The van der Waals surface area contributed by atoms with Gasteiger partial charge in [-0.25, -0.2) is 18.6 Å². The van der Waals surface area contributed by atoms with Crippen LogP contribution in [0.3, 0.4) is 0 Å². The number of nitrogens with one attached hydrogen (secondary N) is 2. The quantitative estimate of drug-likeness (QED) is 0.463. The Balaban J connectivity index is 1.40. The van der Waals surface area contributed by atoms with Crippen LogP contribution in [0, 0.1) is 12.7 Å². The van der Waals surface area contributed by atoms with Gasteiger partial charge in [0.1, 0.15) is 5.82 Å². The lowest BCUT2D eigenvalue weighted by molar-refractivity contribution is -0.137. The van der Waals surface area contributed by atoms with E-state index in [9.17, 15) is 22.4 Å². The molecule has 0 radical (unpaired) electrons. The van der Waals surface area contributed by atoms with Crippen molar-refractivity contribution in [2.24, 2.45) is 0 Å². The van der Waals surface area contributed by atoms with Gasteiger partial charge < -0.3 is 15.5 Å². The second kappa shape index (κ2) is 8.50. The molecule has 3 aromatic rings. The number of hydrogen-bond donors (Lipinski definition) is 2. The van der Waals surface area contributed by atoms with Crippen LogP contribution in [-0.4, -0.2) is 15.5 Å². The maximum atomic E-state index is 13.8. The Hall–Kier alpha value is -3.60. The number of alkyl halides is 3. The molecule has 0 aliphatic carbocycles. The highest BCUT2D eigenvalue weighted by Gasteiger charge is 2.31. The van der Waals surface area contributed by atoms with Crippen LogP contribution in [0.4, 0.5) is 33.7 Å². The lowest BCUT2D eigenvalue weighted by Crippen LogP contribution is -2.23. The van der Waals surface area contributed by atoms with Gasteiger partial charge in [0, 0.05) is 23.6 Å². The minimum absolute atomic E-state index is 0.390. The van der Waals surface area contributed by atoms with Crippen LogP contribution >= 0.6 is 11.5 Å². The fourth-order valence-corrected chi connectivity index (χ4v) is 3.65. The first-order valence-corrected chi connectivity index (χ1v) is 10.1. The highest BCUT2D eigenvalue weighted by atomic mass is 32.1. The molecule has 2 heterocycles. The fraction of sp³-hybridized carbons (Fsp3) is 0.143. The molecule has 2 N–H and O–H groups in total. The molecular weight excluding hydrogens is 448 g/mol. The molecular formula is C21H16F4N4O2S. The number of fused-ring (bicyclic) bond motifs is 1. The number of urea groups is 1. The Morgan fingerprint density at radius 1 is 1.16 bits per heavy atom. The first-order valence-electron chi connectivity index (χ1n) is 9.31. The average Bonchev–Trinajstić information content (AvgIpc) is 3.19. The van der Waals surface area contributed by atoms with E-state index in [0.29, 0.717) is 41.7 Å². The lowest BCUT2D eigenvalue weighted by Gasteiger charge is -2.23. The molecule has 2 amide bonds. The van der Waals surface area contributed by atoms with Gasteiger partial charge in [-0.1, -0.05) is 0 Å². The Bertz CT molecular complexity index is 1190. The zero-order valence-corrected chi connectivity index (χ0v) is 17.4. The zero-order chi connectivity index (χ0) is 22.9. The molecule has 1 aromatic heterocycles. The Morgan fingerprint density at radius 2 is 1.94 bits per heavy atom. The third-order valence-corrected chi connectivity index (χ3v) is 5.41. The number of anilines is 2. The third-order valence-electron chi connectivity index (χ3n) is 4.61. The van der Waals surface area contributed by atoms with E-state index in [1.54, 1.807) is 42.6 Å². The number of rotatable bonds is 4. The van der Waals surface area contributed by atoms with Gasteiger partial charge in [-0.3, -0.25) is 0 Å². The summed E-state index contributed by atoms with van der Waals surface area (Å²) in [5.41, 5.74) is 0.436. The monoisotopic (exact) mass is 464 g/mol. The average molecular weight is 464 g/mol. The van der Waals surface area contributed by atoms with Gasteiger partial charge >= 0.3 is 12.2 Å². The first-order chi connectivity index (χ1) is 15.2. The summed E-state index contributed by atoms with van der Waals surface area (Å²) in [5, 5.41) is 6.24. The van der Waals surface area contributed by atoms with Crippen LogP contribution in [0.25, 0.3) is 6.08 Å². The predicted molar refractivity (Wildman–Crippen MR) is 113 cm³/mol. The number of aryl methyl sites for hydroxylation is 1. The molecule has 0 unspecified atom stereocenters. The number of amides is 2. The summed E-state index contributed by atoms with van der Waals surface area (Å²) in [6.45, 7) is 2.26. The predicted octanol–water partition coefficient (Wildman–Crippen LogP) is 6.03. The molecule has 6 nitrogen and oxygen atoms in total. The number of benzene rings is 2. The van der Waals surface area contributed by atoms with Crippen molar-refractivity contribution in [3.63, 3.8) is 0 Å². The van der Waals surface area contributed by atoms with Crippen molar-refractivity contribution in [3.05, 3.63) is 76.2 Å². The largest absolute Gasteiger partial charge is 0.416 e. The SMILES string of the molecule is Cc1cc(ON2C=Cc3sncc3C2)ccc1NC(=O)Nc1cc(C(F)(F)F)ccc1F. The molecule has 2 aromatic carbocycles. The normalized spacial score (nSPS) is 13.0. The van der Waals surface area contributed by atoms with Gasteiger partial charge in [0.15, 0.2) is 5.75 Å². The molecule has 0 fully saturated rings. The Morgan fingerprint density at radius 3 is 2.69 bits per heavy atom. The Labute approximate surface area is 184 Å². The highest BCUT2D eigenvalue weighted by molar-refractivity contribution is 7.06. The fourth-order valence-electron chi connectivity index (χ4n) is 3.00. The van der Waals surface area contributed by atoms with Crippen molar-refractivity contribution in [1.82, 2.24) is 9.44 Å². The second-order valence-electron chi connectivity index (χ2n) is 6.95. The van der Waals surface area contributed by atoms with Crippen molar-refractivity contribution in [3.8, 4) is 5.75 Å². The van der Waals surface area contributed by atoms with Crippen LogP contribution in [0.1, 0.15) is 21.6 Å². The number of carbonyl (C=O) groups excluding carboxylic acids is 1. The van der Waals surface area contributed by atoms with Gasteiger partial charge in [-0.2, -0.15) is 13.2 Å². The smallest absolute Gasteiger partial charge is 0.380 e. The van der Waals surface area contributed by atoms with Crippen LogP contribution < -0.4 is 15.5 Å². The second-order valence-corrected chi connectivity index (χ2v) is 7.78. The maximum absolute atomic E-state index is 13.8. The summed E-state index contributed by atoms with van der Waals surface area (Å²) in [6, 6.07) is 5.82. The summed E-state index contributed by atoms with van der Waals surface area (Å²) in [5.74, 6) is -0.458. The van der Waals surface area contributed by atoms with Crippen molar-refractivity contribution in [2.45, 2.75) is 19.6 Å². The Kier molecular flexibility index (Phi) is 5.74. The molecule has 0 saturated carbocycles. The number of nitrogens with zero attached hydrogens (tertiary/aromatic N) is 2. The van der Waals surface area contributed by atoms with E-state index in [1.807, 2.05) is 6.08 Å². The summed E-state index contributed by atoms with van der Waals surface area (Å²) in [7, 11) is 0. The van der Waals surface area contributed by atoms with E-state index < -0.39 is 29.3 Å². The lowest BCUT2D eigenvalue weighted by atomic mass is 10.2. The number of hydroxylamine groups is 2. The standard InChI is InChI=1S/C21H16F4N4O2S/c1-12-8-15(31-29-7-6-19-13(11-29)10-26-32-19)3-5-17(12)27-20(30)28-18-9-14(21(23,24)25)2-4-16(18)22/h2-10H,11H2,1H3,(H2,27,28,30). The number of hydrogen-bond acceptors (Lipinski definition) is 5. The molecule has 1 aliphatic heterocycles. The molecule has 32 heavy (non-hydrogen) atoms. The van der Waals surface area contributed by atoms with Gasteiger partial charge in [0.25, 0.3) is 0 Å². The number of halogens is 4. The molecule has 0 atom stereocenters. The van der Waals surface area contributed by atoms with Crippen molar-refractivity contribution < 1.29 is 27.2 Å². The van der Waals surface area contributed by atoms with Crippen molar-refractivity contribution in [1.29, 1.82) is 0 Å². The van der Waals surface area contributed by atoms with E-state index >= 15 is 0 Å². The van der Waals surface area contributed by atoms with Gasteiger partial charge in [0.2, 0.25) is 0 Å². The van der Waals surface area contributed by atoms with Crippen LogP contribution in [-0.2, 0) is 12.7 Å². The zero-order valence-electron chi connectivity index (χ0n) is 16.5. The maximum Gasteiger partial charge on any atom is 0.416 e. The van der Waals surface area contributed by atoms with Crippen LogP contribution in [0.15, 0.2) is 48.8 Å². The first kappa shape index (κ1) is 21.6. The van der Waals surface area contributed by atoms with Gasteiger partial charge in [-0.15, -0.1) is 0 Å².